The molecular formula is C16H28N4. The maximum Gasteiger partial charge on any atom is 0.138 e. The summed E-state index contributed by atoms with van der Waals surface area (Å²) in [6, 6.07) is 0. The minimum absolute atomic E-state index is 0.0347. The van der Waals surface area contributed by atoms with Gasteiger partial charge in [-0.3, -0.25) is 0 Å². The SMILES string of the molecule is CCNc1nc(C(C)(C)C)nc(N(C)CC2CC2)c1C. The Bertz CT molecular complexity index is 472. The van der Waals surface area contributed by atoms with Crippen molar-refractivity contribution in [3.8, 4) is 0 Å². The van der Waals surface area contributed by atoms with E-state index in [2.05, 4.69) is 51.9 Å². The van der Waals surface area contributed by atoms with E-state index in [1.807, 2.05) is 0 Å². The van der Waals surface area contributed by atoms with Crippen molar-refractivity contribution in [1.29, 1.82) is 0 Å². The molecule has 0 unspecified atom stereocenters. The van der Waals surface area contributed by atoms with Gasteiger partial charge in [0.05, 0.1) is 0 Å². The van der Waals surface area contributed by atoms with Crippen molar-refractivity contribution in [2.24, 2.45) is 5.92 Å². The van der Waals surface area contributed by atoms with Crippen LogP contribution in [0, 0.1) is 12.8 Å². The summed E-state index contributed by atoms with van der Waals surface area (Å²) in [5.74, 6) is 3.82. The van der Waals surface area contributed by atoms with Crippen LogP contribution in [0.2, 0.25) is 0 Å². The first-order valence-electron chi connectivity index (χ1n) is 7.67. The molecule has 4 heteroatoms. The molecule has 0 atom stereocenters. The van der Waals surface area contributed by atoms with Gasteiger partial charge in [-0.15, -0.1) is 0 Å². The van der Waals surface area contributed by atoms with Crippen LogP contribution < -0.4 is 10.2 Å². The Labute approximate surface area is 123 Å². The lowest BCUT2D eigenvalue weighted by Gasteiger charge is -2.25. The Morgan fingerprint density at radius 1 is 1.25 bits per heavy atom. The Balaban J connectivity index is 2.38. The van der Waals surface area contributed by atoms with E-state index < -0.39 is 0 Å². The van der Waals surface area contributed by atoms with Crippen LogP contribution in [0.3, 0.4) is 0 Å². The highest BCUT2D eigenvalue weighted by Crippen LogP contribution is 2.33. The number of aromatic nitrogens is 2. The van der Waals surface area contributed by atoms with Crippen LogP contribution in [0.1, 0.15) is 51.9 Å². The van der Waals surface area contributed by atoms with E-state index in [1.54, 1.807) is 0 Å². The molecule has 1 aliphatic rings. The van der Waals surface area contributed by atoms with E-state index in [0.717, 1.165) is 42.0 Å². The lowest BCUT2D eigenvalue weighted by Crippen LogP contribution is -2.26. The maximum absolute atomic E-state index is 4.84. The second-order valence-electron chi connectivity index (χ2n) is 6.95. The van der Waals surface area contributed by atoms with Gasteiger partial charge in [0.25, 0.3) is 0 Å². The van der Waals surface area contributed by atoms with E-state index in [0.29, 0.717) is 0 Å². The largest absolute Gasteiger partial charge is 0.370 e. The van der Waals surface area contributed by atoms with Gasteiger partial charge in [-0.25, -0.2) is 9.97 Å². The molecule has 1 aromatic heterocycles. The lowest BCUT2D eigenvalue weighted by atomic mass is 9.95. The quantitative estimate of drug-likeness (QED) is 0.895. The monoisotopic (exact) mass is 276 g/mol. The minimum Gasteiger partial charge on any atom is -0.370 e. The Morgan fingerprint density at radius 2 is 1.90 bits per heavy atom. The summed E-state index contributed by atoms with van der Waals surface area (Å²) >= 11 is 0. The molecule has 0 radical (unpaired) electrons. The molecule has 1 aromatic rings. The molecule has 20 heavy (non-hydrogen) atoms. The average molecular weight is 276 g/mol. The summed E-state index contributed by atoms with van der Waals surface area (Å²) in [5.41, 5.74) is 1.12. The molecule has 0 saturated heterocycles. The molecule has 1 N–H and O–H groups in total. The third-order valence-corrected chi connectivity index (χ3v) is 3.73. The van der Waals surface area contributed by atoms with E-state index >= 15 is 0 Å². The van der Waals surface area contributed by atoms with Crippen LogP contribution in [0.4, 0.5) is 11.6 Å². The molecular weight excluding hydrogens is 248 g/mol. The zero-order valence-electron chi connectivity index (χ0n) is 13.7. The summed E-state index contributed by atoms with van der Waals surface area (Å²) in [4.78, 5) is 11.9. The number of hydrogen-bond donors (Lipinski definition) is 1. The lowest BCUT2D eigenvalue weighted by molar-refractivity contribution is 0.544. The number of nitrogens with zero attached hydrogens (tertiary/aromatic N) is 3. The van der Waals surface area contributed by atoms with Gasteiger partial charge in [0, 0.05) is 31.1 Å². The van der Waals surface area contributed by atoms with Gasteiger partial charge in [-0.1, -0.05) is 20.8 Å². The van der Waals surface area contributed by atoms with Gasteiger partial charge in [0.15, 0.2) is 0 Å². The van der Waals surface area contributed by atoms with Crippen LogP contribution in [-0.2, 0) is 5.41 Å². The van der Waals surface area contributed by atoms with Gasteiger partial charge in [0.1, 0.15) is 17.5 Å². The fourth-order valence-electron chi connectivity index (χ4n) is 2.33. The Morgan fingerprint density at radius 3 is 2.40 bits per heavy atom. The van der Waals surface area contributed by atoms with E-state index in [9.17, 15) is 0 Å². The molecule has 1 fully saturated rings. The molecule has 2 rings (SSSR count). The topological polar surface area (TPSA) is 41.1 Å². The van der Waals surface area contributed by atoms with Crippen LogP contribution in [0.25, 0.3) is 0 Å². The Hall–Kier alpha value is -1.32. The van der Waals surface area contributed by atoms with Crippen LogP contribution in [-0.4, -0.2) is 30.1 Å². The molecule has 0 spiro atoms. The van der Waals surface area contributed by atoms with Crippen molar-refractivity contribution < 1.29 is 0 Å². The zero-order valence-corrected chi connectivity index (χ0v) is 13.7. The predicted molar refractivity (Wildman–Crippen MR) is 85.6 cm³/mol. The zero-order chi connectivity index (χ0) is 14.9. The molecule has 1 aliphatic carbocycles. The highest BCUT2D eigenvalue weighted by molar-refractivity contribution is 5.58. The number of rotatable bonds is 5. The smallest absolute Gasteiger partial charge is 0.138 e. The van der Waals surface area contributed by atoms with E-state index in [4.69, 9.17) is 9.97 Å². The molecule has 4 nitrogen and oxygen atoms in total. The maximum atomic E-state index is 4.84. The van der Waals surface area contributed by atoms with Crippen molar-refractivity contribution >= 4 is 11.6 Å². The molecule has 0 bridgehead atoms. The standard InChI is InChI=1S/C16H28N4/c1-7-17-13-11(2)14(20(6)10-12-8-9-12)19-15(18-13)16(3,4)5/h12H,7-10H2,1-6H3,(H,17,18,19). The van der Waals surface area contributed by atoms with Crippen LogP contribution >= 0.6 is 0 Å². The summed E-state index contributed by atoms with van der Waals surface area (Å²) < 4.78 is 0. The van der Waals surface area contributed by atoms with Gasteiger partial charge >= 0.3 is 0 Å². The van der Waals surface area contributed by atoms with Crippen molar-refractivity contribution in [3.63, 3.8) is 0 Å². The van der Waals surface area contributed by atoms with Gasteiger partial charge in [-0.2, -0.15) is 0 Å². The predicted octanol–water partition coefficient (Wildman–Crippen LogP) is 3.36. The third kappa shape index (κ3) is 3.41. The first-order chi connectivity index (χ1) is 9.32. The highest BCUT2D eigenvalue weighted by Gasteiger charge is 2.26. The number of anilines is 2. The summed E-state index contributed by atoms with van der Waals surface area (Å²) in [6.07, 6.45) is 2.72. The number of hydrogen-bond acceptors (Lipinski definition) is 4. The molecule has 1 saturated carbocycles. The van der Waals surface area contributed by atoms with Crippen molar-refractivity contribution in [2.45, 2.75) is 52.9 Å². The average Bonchev–Trinajstić information content (AvgIpc) is 3.14. The molecule has 0 amide bonds. The second-order valence-corrected chi connectivity index (χ2v) is 6.95. The molecule has 112 valence electrons. The van der Waals surface area contributed by atoms with Gasteiger partial charge in [0.2, 0.25) is 0 Å². The minimum atomic E-state index is -0.0347. The third-order valence-electron chi connectivity index (χ3n) is 3.73. The fraction of sp³-hybridized carbons (Fsp3) is 0.750. The summed E-state index contributed by atoms with van der Waals surface area (Å²) in [6.45, 7) is 12.7. The second kappa shape index (κ2) is 5.58. The summed E-state index contributed by atoms with van der Waals surface area (Å²) in [7, 11) is 2.15. The first-order valence-corrected chi connectivity index (χ1v) is 7.67. The fourth-order valence-corrected chi connectivity index (χ4v) is 2.33. The van der Waals surface area contributed by atoms with Crippen LogP contribution in [0.15, 0.2) is 0 Å². The van der Waals surface area contributed by atoms with Gasteiger partial charge in [-0.05, 0) is 32.6 Å². The van der Waals surface area contributed by atoms with Crippen molar-refractivity contribution in [2.75, 3.05) is 30.4 Å². The van der Waals surface area contributed by atoms with Gasteiger partial charge < -0.3 is 10.2 Å². The molecule has 0 aromatic carbocycles. The summed E-state index contributed by atoms with van der Waals surface area (Å²) in [5, 5.41) is 3.37. The highest BCUT2D eigenvalue weighted by atomic mass is 15.2. The number of nitrogens with one attached hydrogen (secondary N) is 1. The first kappa shape index (κ1) is 15.1. The van der Waals surface area contributed by atoms with E-state index in [-0.39, 0.29) is 5.41 Å². The van der Waals surface area contributed by atoms with E-state index in [1.165, 1.54) is 12.8 Å². The van der Waals surface area contributed by atoms with Crippen molar-refractivity contribution in [3.05, 3.63) is 11.4 Å². The normalized spacial score (nSPS) is 15.3. The molecule has 0 aliphatic heterocycles. The Kier molecular flexibility index (Phi) is 4.21. The van der Waals surface area contributed by atoms with Crippen LogP contribution in [0.5, 0.6) is 0 Å². The molecule has 1 heterocycles. The van der Waals surface area contributed by atoms with Crippen molar-refractivity contribution in [1.82, 2.24) is 9.97 Å².